The van der Waals surface area contributed by atoms with Gasteiger partial charge in [-0.25, -0.2) is 0 Å². The molecule has 272 valence electrons. The largest absolute Gasteiger partial charge is 0.456 e. The number of anilines is 6. The normalized spacial score (nSPS) is 13.2. The first-order chi connectivity index (χ1) is 27.8. The third-order valence-electron chi connectivity index (χ3n) is 12.0. The number of hydrogen-bond donors (Lipinski definition) is 0. The monoisotopic (exact) mass is 732 g/mol. The average Bonchev–Trinajstić information content (AvgIpc) is 3.63. The number of aryl methyl sites for hydroxylation is 1. The van der Waals surface area contributed by atoms with Crippen LogP contribution in [0.4, 0.5) is 34.1 Å². The number of nitrogens with zero attached hydrogens (tertiary/aromatic N) is 2. The molecule has 0 fully saturated rings. The summed E-state index contributed by atoms with van der Waals surface area (Å²) in [5.74, 6) is 0. The second kappa shape index (κ2) is 12.6. The Labute approximate surface area is 334 Å². The molecule has 9 aromatic rings. The maximum atomic E-state index is 6.68. The number of fused-ring (bicyclic) bond motifs is 8. The molecule has 0 saturated carbocycles. The SMILES string of the molecule is Cc1cc2c3c(c1)N(c1ccccc1-c1ccccc1)c1ccc4oc5ccccc5c4c1B3c1ccc(C(C)(C)C)cc1N2c1ccccc1-c1ccccc1. The van der Waals surface area contributed by atoms with Crippen molar-refractivity contribution in [2.75, 3.05) is 9.80 Å². The molecule has 0 saturated heterocycles. The van der Waals surface area contributed by atoms with Crippen molar-refractivity contribution in [2.24, 2.45) is 0 Å². The number of rotatable bonds is 4. The van der Waals surface area contributed by atoms with Gasteiger partial charge in [0.05, 0.1) is 11.4 Å². The molecule has 0 spiro atoms. The Bertz CT molecular complexity index is 3030. The summed E-state index contributed by atoms with van der Waals surface area (Å²) in [7, 11) is 0. The van der Waals surface area contributed by atoms with Crippen LogP contribution in [-0.2, 0) is 5.41 Å². The molecule has 57 heavy (non-hydrogen) atoms. The predicted molar refractivity (Wildman–Crippen MR) is 242 cm³/mol. The molecule has 3 nitrogen and oxygen atoms in total. The van der Waals surface area contributed by atoms with Crippen LogP contribution in [0.3, 0.4) is 0 Å². The lowest BCUT2D eigenvalue weighted by Gasteiger charge is -2.45. The lowest BCUT2D eigenvalue weighted by atomic mass is 9.33. The summed E-state index contributed by atoms with van der Waals surface area (Å²) in [5.41, 5.74) is 20.0. The van der Waals surface area contributed by atoms with Crippen LogP contribution in [0.1, 0.15) is 31.9 Å². The van der Waals surface area contributed by atoms with Crippen molar-refractivity contribution >= 4 is 79.2 Å². The van der Waals surface area contributed by atoms with E-state index >= 15 is 0 Å². The van der Waals surface area contributed by atoms with Gasteiger partial charge in [-0.15, -0.1) is 0 Å². The van der Waals surface area contributed by atoms with E-state index in [1.54, 1.807) is 0 Å². The molecule has 1 aromatic heterocycles. The van der Waals surface area contributed by atoms with Crippen LogP contribution < -0.4 is 26.2 Å². The molecule has 0 radical (unpaired) electrons. The third-order valence-corrected chi connectivity index (χ3v) is 12.0. The number of hydrogen-bond acceptors (Lipinski definition) is 3. The molecule has 2 aliphatic heterocycles. The fourth-order valence-electron chi connectivity index (χ4n) is 9.49. The van der Waals surface area contributed by atoms with Crippen molar-refractivity contribution in [1.82, 2.24) is 0 Å². The maximum Gasteiger partial charge on any atom is 0.253 e. The molecule has 8 aromatic carbocycles. The molecule has 11 rings (SSSR count). The summed E-state index contributed by atoms with van der Waals surface area (Å²) in [6, 6.07) is 64.5. The molecular weight excluding hydrogens is 691 g/mol. The van der Waals surface area contributed by atoms with E-state index in [-0.39, 0.29) is 12.1 Å². The summed E-state index contributed by atoms with van der Waals surface area (Å²) < 4.78 is 6.68. The Morgan fingerprint density at radius 1 is 0.456 bits per heavy atom. The molecule has 0 atom stereocenters. The van der Waals surface area contributed by atoms with Gasteiger partial charge in [0.1, 0.15) is 11.2 Å². The summed E-state index contributed by atoms with van der Waals surface area (Å²) >= 11 is 0. The van der Waals surface area contributed by atoms with Gasteiger partial charge in [0.25, 0.3) is 6.71 Å². The molecule has 0 unspecified atom stereocenters. The first kappa shape index (κ1) is 33.6. The Morgan fingerprint density at radius 2 is 1.02 bits per heavy atom. The van der Waals surface area contributed by atoms with Gasteiger partial charge in [-0.05, 0) is 99.5 Å². The number of para-hydroxylation sites is 3. The van der Waals surface area contributed by atoms with E-state index in [1.807, 2.05) is 0 Å². The Hall–Kier alpha value is -6.78. The van der Waals surface area contributed by atoms with Gasteiger partial charge in [-0.3, -0.25) is 0 Å². The third kappa shape index (κ3) is 5.13. The molecule has 2 aliphatic rings. The van der Waals surface area contributed by atoms with Crippen molar-refractivity contribution < 1.29 is 4.42 Å². The van der Waals surface area contributed by atoms with Gasteiger partial charge in [-0.2, -0.15) is 0 Å². The smallest absolute Gasteiger partial charge is 0.253 e. The van der Waals surface area contributed by atoms with Gasteiger partial charge in [0.2, 0.25) is 0 Å². The minimum absolute atomic E-state index is 0.0475. The van der Waals surface area contributed by atoms with E-state index in [2.05, 4.69) is 213 Å². The van der Waals surface area contributed by atoms with Gasteiger partial charge in [0.15, 0.2) is 0 Å². The van der Waals surface area contributed by atoms with Crippen LogP contribution in [0.25, 0.3) is 44.2 Å². The van der Waals surface area contributed by atoms with Crippen molar-refractivity contribution in [2.45, 2.75) is 33.1 Å². The molecule has 3 heterocycles. The van der Waals surface area contributed by atoms with Crippen LogP contribution in [0.2, 0.25) is 0 Å². The standard InChI is InChI=1S/C53H41BN2O/c1-34-31-46-51-47(32-34)56(43-25-15-12-22-39(43)36-19-9-6-10-20-36)45-33-37(53(2,3)4)27-28-41(45)54(51)52-44(29-30-49-50(52)40-23-13-16-26-48(40)57-49)55(46)42-24-14-11-21-38(42)35-17-7-5-8-18-35/h5-33H,1-4H3. The molecule has 0 N–H and O–H groups in total. The van der Waals surface area contributed by atoms with Crippen molar-refractivity contribution in [3.63, 3.8) is 0 Å². The van der Waals surface area contributed by atoms with Gasteiger partial charge in [0, 0.05) is 44.6 Å². The molecule has 0 aliphatic carbocycles. The summed E-state index contributed by atoms with van der Waals surface area (Å²) in [6.45, 7) is 9.14. The van der Waals surface area contributed by atoms with Crippen LogP contribution in [0, 0.1) is 6.92 Å². The van der Waals surface area contributed by atoms with Crippen LogP contribution in [0.15, 0.2) is 180 Å². The minimum atomic E-state index is -0.0559. The van der Waals surface area contributed by atoms with E-state index in [1.165, 1.54) is 77.9 Å². The lowest BCUT2D eigenvalue weighted by Crippen LogP contribution is -2.61. The van der Waals surface area contributed by atoms with Crippen molar-refractivity contribution in [3.8, 4) is 22.3 Å². The Kier molecular flexibility index (Phi) is 7.43. The van der Waals surface area contributed by atoms with Crippen molar-refractivity contribution in [3.05, 3.63) is 187 Å². The van der Waals surface area contributed by atoms with Crippen LogP contribution in [-0.4, -0.2) is 6.71 Å². The van der Waals surface area contributed by atoms with Gasteiger partial charge in [-0.1, -0.05) is 148 Å². The highest BCUT2D eigenvalue weighted by Gasteiger charge is 2.45. The highest BCUT2D eigenvalue weighted by molar-refractivity contribution is 7.01. The summed E-state index contributed by atoms with van der Waals surface area (Å²) in [4.78, 5) is 5.10. The molecule has 4 heteroatoms. The van der Waals surface area contributed by atoms with Crippen molar-refractivity contribution in [1.29, 1.82) is 0 Å². The highest BCUT2D eigenvalue weighted by atomic mass is 16.3. The first-order valence-electron chi connectivity index (χ1n) is 20.0. The van der Waals surface area contributed by atoms with E-state index in [4.69, 9.17) is 4.42 Å². The fraction of sp³-hybridized carbons (Fsp3) is 0.0943. The van der Waals surface area contributed by atoms with E-state index < -0.39 is 0 Å². The lowest BCUT2D eigenvalue weighted by molar-refractivity contribution is 0.590. The van der Waals surface area contributed by atoms with E-state index in [0.717, 1.165) is 27.9 Å². The van der Waals surface area contributed by atoms with Crippen LogP contribution in [0.5, 0.6) is 0 Å². The summed E-state index contributed by atoms with van der Waals surface area (Å²) in [6.07, 6.45) is 0. The first-order valence-corrected chi connectivity index (χ1v) is 20.0. The number of furan rings is 1. The van der Waals surface area contributed by atoms with Gasteiger partial charge < -0.3 is 14.2 Å². The average molecular weight is 733 g/mol. The minimum Gasteiger partial charge on any atom is -0.456 e. The molecule has 0 amide bonds. The van der Waals surface area contributed by atoms with E-state index in [9.17, 15) is 0 Å². The van der Waals surface area contributed by atoms with Gasteiger partial charge >= 0.3 is 0 Å². The quantitative estimate of drug-likeness (QED) is 0.168. The predicted octanol–water partition coefficient (Wildman–Crippen LogP) is 12.6. The topological polar surface area (TPSA) is 19.6 Å². The fourth-order valence-corrected chi connectivity index (χ4v) is 9.49. The number of benzene rings is 8. The Balaban J connectivity index is 1.30. The zero-order valence-electron chi connectivity index (χ0n) is 32.6. The maximum absolute atomic E-state index is 6.68. The zero-order valence-corrected chi connectivity index (χ0v) is 32.6. The van der Waals surface area contributed by atoms with E-state index in [0.29, 0.717) is 0 Å². The zero-order chi connectivity index (χ0) is 38.4. The second-order valence-electron chi connectivity index (χ2n) is 16.6. The molecular formula is C53H41BN2O. The second-order valence-corrected chi connectivity index (χ2v) is 16.6. The molecule has 0 bridgehead atoms. The highest BCUT2D eigenvalue weighted by Crippen LogP contribution is 2.50. The summed E-state index contributed by atoms with van der Waals surface area (Å²) in [5, 5.41) is 2.32. The Morgan fingerprint density at radius 3 is 1.65 bits per heavy atom. The van der Waals surface area contributed by atoms with Crippen LogP contribution >= 0.6 is 0 Å².